The van der Waals surface area contributed by atoms with Crippen LogP contribution in [0.5, 0.6) is 0 Å². The first-order valence-electron chi connectivity index (χ1n) is 13.3. The van der Waals surface area contributed by atoms with E-state index in [1.807, 2.05) is 91.0 Å². The normalized spacial score (nSPS) is 15.2. The summed E-state index contributed by atoms with van der Waals surface area (Å²) in [4.78, 5) is 12.2. The lowest BCUT2D eigenvalue weighted by Crippen LogP contribution is -2.44. The van der Waals surface area contributed by atoms with Gasteiger partial charge in [0.15, 0.2) is 0 Å². The summed E-state index contributed by atoms with van der Waals surface area (Å²) in [7, 11) is 0. The van der Waals surface area contributed by atoms with Crippen LogP contribution in [0.25, 0.3) is 0 Å². The van der Waals surface area contributed by atoms with E-state index in [1.54, 1.807) is 13.8 Å². The summed E-state index contributed by atoms with van der Waals surface area (Å²) in [5.74, 6) is -0.788. The zero-order valence-corrected chi connectivity index (χ0v) is 23.3. The van der Waals surface area contributed by atoms with E-state index in [0.717, 1.165) is 62.0 Å². The van der Waals surface area contributed by atoms with Gasteiger partial charge in [0.1, 0.15) is 5.60 Å². The molecular weight excluding hydrogens is 498 g/mol. The predicted octanol–water partition coefficient (Wildman–Crippen LogP) is 6.30. The molecule has 0 radical (unpaired) electrons. The number of aliphatic carboxylic acids is 1. The van der Waals surface area contributed by atoms with Crippen LogP contribution in [0, 0.1) is 11.8 Å². The maximum atomic E-state index is 12.0. The molecule has 38 heavy (non-hydrogen) atoms. The van der Waals surface area contributed by atoms with Crippen molar-refractivity contribution in [3.8, 4) is 0 Å². The first kappa shape index (κ1) is 31.5. The topological polar surface area (TPSA) is 81.0 Å². The third-order valence-corrected chi connectivity index (χ3v) is 7.24. The van der Waals surface area contributed by atoms with Gasteiger partial charge in [-0.15, -0.1) is 12.4 Å². The highest BCUT2D eigenvalue weighted by molar-refractivity contribution is 5.85. The Balaban J connectivity index is 0.000000652. The molecule has 0 saturated carbocycles. The first-order valence-corrected chi connectivity index (χ1v) is 13.3. The van der Waals surface area contributed by atoms with Gasteiger partial charge in [-0.1, -0.05) is 105 Å². The summed E-state index contributed by atoms with van der Waals surface area (Å²) >= 11 is 0. The highest BCUT2D eigenvalue weighted by Crippen LogP contribution is 2.41. The minimum Gasteiger partial charge on any atom is -0.481 e. The standard InChI is InChI=1S/C28H33NO2.C4H8O2.ClH/c30-27(23-11-4-1-5-12-23)17-10-20-29-21-18-26(19-22-29)28(31,24-13-6-2-7-14-24)25-15-8-3-9-16-25;1-3(2)4(5)6;/h1-9,11-16,26-27,30-31H,10,17-22H2;3H,1-2H3,(H,5,6);1H. The second-order valence-electron chi connectivity index (χ2n) is 10.2. The summed E-state index contributed by atoms with van der Waals surface area (Å²) in [6, 6.07) is 30.1. The molecule has 1 fully saturated rings. The highest BCUT2D eigenvalue weighted by atomic mass is 35.5. The van der Waals surface area contributed by atoms with Gasteiger partial charge in [-0.2, -0.15) is 0 Å². The van der Waals surface area contributed by atoms with Gasteiger partial charge in [0, 0.05) is 0 Å². The van der Waals surface area contributed by atoms with Crippen LogP contribution in [0.15, 0.2) is 91.0 Å². The van der Waals surface area contributed by atoms with E-state index in [0.29, 0.717) is 0 Å². The van der Waals surface area contributed by atoms with Gasteiger partial charge in [-0.3, -0.25) is 4.79 Å². The molecule has 0 bridgehead atoms. The number of carboxylic acid groups (broad SMARTS) is 1. The largest absolute Gasteiger partial charge is 0.481 e. The van der Waals surface area contributed by atoms with E-state index in [-0.39, 0.29) is 30.3 Å². The van der Waals surface area contributed by atoms with E-state index in [1.165, 1.54) is 0 Å². The van der Waals surface area contributed by atoms with E-state index >= 15 is 0 Å². The smallest absolute Gasteiger partial charge is 0.305 e. The lowest BCUT2D eigenvalue weighted by Gasteiger charge is -2.42. The van der Waals surface area contributed by atoms with Crippen molar-refractivity contribution in [2.24, 2.45) is 11.8 Å². The van der Waals surface area contributed by atoms with Gasteiger partial charge in [0.2, 0.25) is 0 Å². The van der Waals surface area contributed by atoms with Crippen molar-refractivity contribution in [1.29, 1.82) is 0 Å². The Hall–Kier alpha value is -2.70. The molecule has 1 heterocycles. The third-order valence-electron chi connectivity index (χ3n) is 7.24. The fourth-order valence-corrected chi connectivity index (χ4v) is 4.95. The average Bonchev–Trinajstić information content (AvgIpc) is 2.94. The number of aliphatic hydroxyl groups excluding tert-OH is 1. The van der Waals surface area contributed by atoms with Crippen LogP contribution in [-0.4, -0.2) is 45.8 Å². The summed E-state index contributed by atoms with van der Waals surface area (Å²) in [6.45, 7) is 6.23. The Morgan fingerprint density at radius 2 is 1.29 bits per heavy atom. The number of likely N-dealkylation sites (tertiary alicyclic amines) is 1. The van der Waals surface area contributed by atoms with Gasteiger partial charge in [0.05, 0.1) is 12.0 Å². The molecule has 1 aliphatic rings. The molecule has 0 aromatic heterocycles. The van der Waals surface area contributed by atoms with Crippen molar-refractivity contribution in [2.75, 3.05) is 19.6 Å². The monoisotopic (exact) mass is 539 g/mol. The number of hydrogen-bond acceptors (Lipinski definition) is 4. The van der Waals surface area contributed by atoms with Crippen LogP contribution in [0.2, 0.25) is 0 Å². The Labute approximate surface area is 233 Å². The van der Waals surface area contributed by atoms with Crippen molar-refractivity contribution >= 4 is 18.4 Å². The molecular formula is C32H42ClNO4. The number of benzene rings is 3. The van der Waals surface area contributed by atoms with Crippen molar-refractivity contribution in [1.82, 2.24) is 4.90 Å². The SMILES string of the molecule is CC(C)C(=O)O.Cl.OC(CCCN1CCC(C(O)(c2ccccc2)c2ccccc2)CC1)c1ccccc1. The van der Waals surface area contributed by atoms with Crippen molar-refractivity contribution < 1.29 is 20.1 Å². The molecule has 0 amide bonds. The second kappa shape index (κ2) is 15.6. The summed E-state index contributed by atoms with van der Waals surface area (Å²) < 4.78 is 0. The number of nitrogens with zero attached hydrogens (tertiary/aromatic N) is 1. The Morgan fingerprint density at radius 3 is 1.71 bits per heavy atom. The minimum atomic E-state index is -0.960. The highest BCUT2D eigenvalue weighted by Gasteiger charge is 2.41. The number of piperidine rings is 1. The third kappa shape index (κ3) is 8.67. The van der Waals surface area contributed by atoms with Gasteiger partial charge in [-0.25, -0.2) is 0 Å². The molecule has 1 saturated heterocycles. The molecule has 3 aromatic rings. The number of aliphatic hydroxyl groups is 2. The van der Waals surface area contributed by atoms with Crippen molar-refractivity contribution in [3.63, 3.8) is 0 Å². The average molecular weight is 540 g/mol. The second-order valence-corrected chi connectivity index (χ2v) is 10.2. The van der Waals surface area contributed by atoms with Crippen molar-refractivity contribution in [2.45, 2.75) is 51.2 Å². The molecule has 0 spiro atoms. The van der Waals surface area contributed by atoms with E-state index in [4.69, 9.17) is 5.11 Å². The number of rotatable bonds is 9. The Kier molecular flexibility index (Phi) is 13.0. The zero-order valence-electron chi connectivity index (χ0n) is 22.4. The fraction of sp³-hybridized carbons (Fsp3) is 0.406. The van der Waals surface area contributed by atoms with Gasteiger partial charge >= 0.3 is 5.97 Å². The minimum absolute atomic E-state index is 0. The van der Waals surface area contributed by atoms with Crippen LogP contribution in [0.4, 0.5) is 0 Å². The van der Waals surface area contributed by atoms with Crippen LogP contribution in [0.3, 0.4) is 0 Å². The molecule has 1 aliphatic heterocycles. The first-order chi connectivity index (χ1) is 17.8. The fourth-order valence-electron chi connectivity index (χ4n) is 4.95. The molecule has 1 unspecified atom stereocenters. The lowest BCUT2D eigenvalue weighted by molar-refractivity contribution is -0.140. The molecule has 3 N–H and O–H groups in total. The maximum Gasteiger partial charge on any atom is 0.305 e. The Bertz CT molecular complexity index is 1020. The van der Waals surface area contributed by atoms with Gasteiger partial charge in [0.25, 0.3) is 0 Å². The molecule has 6 heteroatoms. The number of carboxylic acids is 1. The number of halogens is 1. The maximum absolute atomic E-state index is 12.0. The lowest BCUT2D eigenvalue weighted by atomic mass is 9.72. The van der Waals surface area contributed by atoms with Crippen molar-refractivity contribution in [3.05, 3.63) is 108 Å². The Morgan fingerprint density at radius 1 is 0.868 bits per heavy atom. The van der Waals surface area contributed by atoms with Gasteiger partial charge in [-0.05, 0) is 67.9 Å². The van der Waals surface area contributed by atoms with E-state index in [2.05, 4.69) is 4.90 Å². The molecule has 3 aromatic carbocycles. The van der Waals surface area contributed by atoms with E-state index < -0.39 is 11.6 Å². The summed E-state index contributed by atoms with van der Waals surface area (Å²) in [6.07, 6.45) is 3.29. The van der Waals surface area contributed by atoms with Crippen LogP contribution >= 0.6 is 12.4 Å². The predicted molar refractivity (Wildman–Crippen MR) is 155 cm³/mol. The quantitative estimate of drug-likeness (QED) is 0.297. The molecule has 206 valence electrons. The summed E-state index contributed by atoms with van der Waals surface area (Å²) in [5, 5.41) is 30.4. The van der Waals surface area contributed by atoms with Crippen LogP contribution < -0.4 is 0 Å². The van der Waals surface area contributed by atoms with Gasteiger partial charge < -0.3 is 20.2 Å². The molecule has 1 atom stereocenters. The number of carbonyl (C=O) groups is 1. The molecule has 0 aliphatic carbocycles. The molecule has 4 rings (SSSR count). The molecule has 5 nitrogen and oxygen atoms in total. The van der Waals surface area contributed by atoms with Crippen LogP contribution in [0.1, 0.15) is 62.3 Å². The van der Waals surface area contributed by atoms with Crippen LogP contribution in [-0.2, 0) is 10.4 Å². The number of hydrogen-bond donors (Lipinski definition) is 3. The zero-order chi connectivity index (χ0) is 26.7. The summed E-state index contributed by atoms with van der Waals surface area (Å²) in [5.41, 5.74) is 1.99. The van der Waals surface area contributed by atoms with E-state index in [9.17, 15) is 15.0 Å².